The second-order valence-corrected chi connectivity index (χ2v) is 12.0. The smallest absolute Gasteiger partial charge is 0.222 e. The number of rotatable bonds is 12. The fraction of sp³-hybridized carbons (Fsp3) is 0.389. The van der Waals surface area contributed by atoms with Crippen LogP contribution in [0.15, 0.2) is 48.5 Å². The van der Waals surface area contributed by atoms with Crippen molar-refractivity contribution in [3.05, 3.63) is 82.4 Å². The molecule has 10 heteroatoms. The Kier molecular flexibility index (Phi) is 10.6. The topological polar surface area (TPSA) is 93.7 Å². The summed E-state index contributed by atoms with van der Waals surface area (Å²) >= 11 is 0. The molecule has 1 aliphatic rings. The molecule has 0 unspecified atom stereocenters. The van der Waals surface area contributed by atoms with E-state index in [0.717, 1.165) is 40.4 Å². The van der Waals surface area contributed by atoms with Gasteiger partial charge in [-0.05, 0) is 87.3 Å². The second kappa shape index (κ2) is 14.8. The first-order chi connectivity index (χ1) is 22.2. The number of aryl methyl sites for hydroxylation is 1. The van der Waals surface area contributed by atoms with Gasteiger partial charge in [0.1, 0.15) is 31.6 Å². The minimum absolute atomic E-state index is 0.0359. The summed E-state index contributed by atoms with van der Waals surface area (Å²) in [6, 6.07) is 14.3. The third-order valence-electron chi connectivity index (χ3n) is 8.77. The van der Waals surface area contributed by atoms with Gasteiger partial charge in [-0.1, -0.05) is 29.7 Å². The van der Waals surface area contributed by atoms with E-state index in [1.807, 2.05) is 55.1 Å². The molecule has 1 N–H and O–H groups in total. The number of nitrogens with zero attached hydrogens (tertiary/aromatic N) is 3. The minimum Gasteiger partial charge on any atom is -0.493 e. The van der Waals surface area contributed by atoms with Crippen molar-refractivity contribution in [1.82, 2.24) is 14.9 Å². The Hall–Kier alpha value is -4.47. The highest BCUT2D eigenvalue weighted by atomic mass is 19.1. The van der Waals surface area contributed by atoms with E-state index in [4.69, 9.17) is 17.3 Å². The van der Waals surface area contributed by atoms with Crippen molar-refractivity contribution in [2.75, 3.05) is 32.1 Å². The maximum Gasteiger partial charge on any atom is 0.222 e. The third-order valence-corrected chi connectivity index (χ3v) is 8.77. The number of methoxy groups -OCH3 is 1. The Morgan fingerprint density at radius 2 is 1.89 bits per heavy atom. The maximum absolute atomic E-state index is 14.1. The summed E-state index contributed by atoms with van der Waals surface area (Å²) in [5.74, 6) is 2.35. The van der Waals surface area contributed by atoms with Gasteiger partial charge in [-0.25, -0.2) is 14.4 Å². The molecule has 0 bridgehead atoms. The number of halogens is 1. The standard InChI is InChI=1S/C36H40BFN4O4/c1-22-27(21-43)17-29(38)18-30(22)25-11-13-42(14-12-25)35(44)10-5-6-15-46-34-20-32-31(19-33(34)45-4)36(41-24(3)40-32)39-23(2)26-8-7-9-28(37)16-26/h7-9,16-21,23,25H,5-6,10-15H2,1-4H3,(H,39,40,41)/t23-/m1/s1. The van der Waals surface area contributed by atoms with Crippen LogP contribution in [0.25, 0.3) is 10.9 Å². The molecule has 2 radical (unpaired) electrons. The van der Waals surface area contributed by atoms with Gasteiger partial charge in [0, 0.05) is 42.6 Å². The van der Waals surface area contributed by atoms with Crippen LogP contribution in [0.3, 0.4) is 0 Å². The number of aldehydes is 1. The van der Waals surface area contributed by atoms with Crippen LogP contribution in [-0.4, -0.2) is 61.7 Å². The van der Waals surface area contributed by atoms with E-state index in [1.165, 1.54) is 12.1 Å². The van der Waals surface area contributed by atoms with Crippen molar-refractivity contribution in [2.45, 2.75) is 64.8 Å². The molecule has 1 atom stereocenters. The van der Waals surface area contributed by atoms with Gasteiger partial charge in [-0.3, -0.25) is 9.59 Å². The Labute approximate surface area is 271 Å². The lowest BCUT2D eigenvalue weighted by molar-refractivity contribution is -0.132. The summed E-state index contributed by atoms with van der Waals surface area (Å²) < 4.78 is 25.8. The predicted molar refractivity (Wildman–Crippen MR) is 179 cm³/mol. The zero-order valence-corrected chi connectivity index (χ0v) is 26.9. The molecule has 2 heterocycles. The van der Waals surface area contributed by atoms with E-state index in [-0.39, 0.29) is 17.9 Å². The van der Waals surface area contributed by atoms with E-state index in [1.54, 1.807) is 7.11 Å². The van der Waals surface area contributed by atoms with Crippen molar-refractivity contribution < 1.29 is 23.5 Å². The molecule has 4 aromatic rings. The normalized spacial score (nSPS) is 14.2. The number of anilines is 1. The number of likely N-dealkylation sites (tertiary alicyclic amines) is 1. The molecule has 1 amide bonds. The van der Waals surface area contributed by atoms with Crippen molar-refractivity contribution in [1.29, 1.82) is 0 Å². The molecule has 0 spiro atoms. The van der Waals surface area contributed by atoms with Crippen molar-refractivity contribution in [3.63, 3.8) is 0 Å². The number of nitrogens with one attached hydrogen (secondary N) is 1. The first kappa shape index (κ1) is 32.9. The summed E-state index contributed by atoms with van der Waals surface area (Å²) in [7, 11) is 7.59. The number of carbonyl (C=O) groups is 2. The lowest BCUT2D eigenvalue weighted by Gasteiger charge is -2.33. The fourth-order valence-electron chi connectivity index (χ4n) is 6.18. The zero-order chi connectivity index (χ0) is 32.8. The highest BCUT2D eigenvalue weighted by Crippen LogP contribution is 2.36. The lowest BCUT2D eigenvalue weighted by atomic mass is 9.85. The Morgan fingerprint density at radius 1 is 1.11 bits per heavy atom. The van der Waals surface area contributed by atoms with Gasteiger partial charge in [0.25, 0.3) is 0 Å². The molecule has 3 aromatic carbocycles. The van der Waals surface area contributed by atoms with Crippen LogP contribution in [0.5, 0.6) is 11.5 Å². The fourth-order valence-corrected chi connectivity index (χ4v) is 6.18. The number of aromatic nitrogens is 2. The molecule has 0 saturated carbocycles. The number of unbranched alkanes of at least 4 members (excludes halogenated alkanes) is 1. The zero-order valence-electron chi connectivity index (χ0n) is 26.9. The Balaban J connectivity index is 1.14. The number of benzene rings is 3. The molecule has 8 nitrogen and oxygen atoms in total. The predicted octanol–water partition coefficient (Wildman–Crippen LogP) is 6.13. The molecule has 46 heavy (non-hydrogen) atoms. The molecule has 1 aliphatic heterocycles. The number of hydrogen-bond donors (Lipinski definition) is 1. The number of ether oxygens (including phenoxy) is 2. The molecule has 1 fully saturated rings. The Morgan fingerprint density at radius 3 is 2.61 bits per heavy atom. The van der Waals surface area contributed by atoms with Crippen LogP contribution in [0.1, 0.15) is 83.9 Å². The van der Waals surface area contributed by atoms with Crippen LogP contribution < -0.4 is 20.3 Å². The monoisotopic (exact) mass is 622 g/mol. The van der Waals surface area contributed by atoms with Gasteiger partial charge in [-0.2, -0.15) is 0 Å². The van der Waals surface area contributed by atoms with Crippen molar-refractivity contribution >= 4 is 42.2 Å². The molecule has 5 rings (SSSR count). The van der Waals surface area contributed by atoms with Crippen molar-refractivity contribution in [2.24, 2.45) is 0 Å². The highest BCUT2D eigenvalue weighted by Gasteiger charge is 2.25. The maximum atomic E-state index is 14.1. The number of carbonyl (C=O) groups excluding carboxylic acids is 2. The summed E-state index contributed by atoms with van der Waals surface area (Å²) in [5, 5.41) is 4.31. The Bertz CT molecular complexity index is 1720. The van der Waals surface area contributed by atoms with E-state index < -0.39 is 5.82 Å². The number of amides is 1. The summed E-state index contributed by atoms with van der Waals surface area (Å²) in [6.45, 7) is 7.44. The van der Waals surface area contributed by atoms with E-state index in [0.29, 0.717) is 79.4 Å². The number of fused-ring (bicyclic) bond motifs is 1. The first-order valence-corrected chi connectivity index (χ1v) is 15.8. The average molecular weight is 623 g/mol. The van der Waals surface area contributed by atoms with Gasteiger partial charge >= 0.3 is 0 Å². The van der Waals surface area contributed by atoms with E-state index in [9.17, 15) is 14.0 Å². The van der Waals surface area contributed by atoms with E-state index in [2.05, 4.69) is 22.2 Å². The first-order valence-electron chi connectivity index (χ1n) is 15.8. The second-order valence-electron chi connectivity index (χ2n) is 12.0. The van der Waals surface area contributed by atoms with Gasteiger partial charge in [-0.15, -0.1) is 0 Å². The summed E-state index contributed by atoms with van der Waals surface area (Å²) in [4.78, 5) is 35.4. The molecule has 0 aliphatic carbocycles. The molecule has 238 valence electrons. The van der Waals surface area contributed by atoms with Crippen LogP contribution in [0.2, 0.25) is 0 Å². The highest BCUT2D eigenvalue weighted by molar-refractivity contribution is 6.32. The van der Waals surface area contributed by atoms with E-state index >= 15 is 0 Å². The lowest BCUT2D eigenvalue weighted by Crippen LogP contribution is -2.38. The quantitative estimate of drug-likeness (QED) is 0.116. The van der Waals surface area contributed by atoms with Crippen molar-refractivity contribution in [3.8, 4) is 11.5 Å². The SMILES string of the molecule is [B]c1cccc([C@@H](C)Nc2nc(C)nc3cc(OCCCCC(=O)N4CCC(c5cc(F)cc(C=O)c5C)CC4)c(OC)cc23)c1. The summed E-state index contributed by atoms with van der Waals surface area (Å²) in [5.41, 5.74) is 4.58. The molecule has 1 saturated heterocycles. The third kappa shape index (κ3) is 7.66. The largest absolute Gasteiger partial charge is 0.493 e. The van der Waals surface area contributed by atoms with Crippen LogP contribution >= 0.6 is 0 Å². The minimum atomic E-state index is -0.394. The summed E-state index contributed by atoms with van der Waals surface area (Å²) in [6.07, 6.45) is 4.03. The van der Waals surface area contributed by atoms with Gasteiger partial charge in [0.15, 0.2) is 11.5 Å². The number of piperidine rings is 1. The van der Waals surface area contributed by atoms with Gasteiger partial charge in [0.2, 0.25) is 5.91 Å². The van der Waals surface area contributed by atoms with Gasteiger partial charge in [0.05, 0.1) is 19.2 Å². The number of hydrogen-bond acceptors (Lipinski definition) is 7. The van der Waals surface area contributed by atoms with Gasteiger partial charge < -0.3 is 19.7 Å². The average Bonchev–Trinajstić information content (AvgIpc) is 3.05. The van der Waals surface area contributed by atoms with Crippen LogP contribution in [-0.2, 0) is 4.79 Å². The van der Waals surface area contributed by atoms with Crippen LogP contribution in [0.4, 0.5) is 10.2 Å². The van der Waals surface area contributed by atoms with Crippen LogP contribution in [0, 0.1) is 19.7 Å². The molecular weight excluding hydrogens is 582 g/mol. The molecule has 1 aromatic heterocycles. The molecular formula is C36H40BFN4O4.